The molecule has 4 saturated carbocycles. The summed E-state index contributed by atoms with van der Waals surface area (Å²) in [5.74, 6) is 3.95. The monoisotopic (exact) mass is 354 g/mol. The van der Waals surface area contributed by atoms with Crippen LogP contribution >= 0.6 is 0 Å². The van der Waals surface area contributed by atoms with Crippen molar-refractivity contribution in [2.24, 2.45) is 17.8 Å². The third-order valence-electron chi connectivity index (χ3n) is 6.66. The Morgan fingerprint density at radius 3 is 2.00 bits per heavy atom. The molecule has 4 fully saturated rings. The maximum absolute atomic E-state index is 12.7. The molecule has 0 aromatic carbocycles. The number of urea groups is 1. The minimum Gasteiger partial charge on any atom is -0.469 e. The van der Waals surface area contributed by atoms with Crippen LogP contribution in [-0.2, 0) is 0 Å². The Labute approximate surface area is 153 Å². The van der Waals surface area contributed by atoms with Gasteiger partial charge in [0.05, 0.1) is 18.4 Å². The fourth-order valence-corrected chi connectivity index (χ4v) is 6.06. The number of nitrogens with one attached hydrogen (secondary N) is 2. The largest absolute Gasteiger partial charge is 0.469 e. The first kappa shape index (κ1) is 16.0. The zero-order valence-corrected chi connectivity index (χ0v) is 14.9. The fourth-order valence-electron chi connectivity index (χ4n) is 6.06. The van der Waals surface area contributed by atoms with E-state index in [1.807, 2.05) is 24.3 Å². The second-order valence-electron chi connectivity index (χ2n) is 8.62. The first-order chi connectivity index (χ1) is 12.7. The Hall–Kier alpha value is -2.17. The van der Waals surface area contributed by atoms with Crippen molar-refractivity contribution in [3.05, 3.63) is 48.3 Å². The normalized spacial score (nSPS) is 32.1. The highest BCUT2D eigenvalue weighted by Crippen LogP contribution is 2.55. The van der Waals surface area contributed by atoms with Gasteiger partial charge in [0, 0.05) is 12.1 Å². The van der Waals surface area contributed by atoms with Gasteiger partial charge in [-0.15, -0.1) is 0 Å². The standard InChI is InChI=1S/C21H26N2O3/c24-20(23-21-10-14-7-15(11-21)9-16(8-14)12-21)22-13-17(18-3-1-5-25-18)19-4-2-6-26-19/h1-6,14-17H,7-13H2,(H2,22,23,24). The molecule has 138 valence electrons. The maximum atomic E-state index is 12.7. The lowest BCUT2D eigenvalue weighted by molar-refractivity contribution is -0.0135. The molecule has 6 rings (SSSR count). The van der Waals surface area contributed by atoms with Gasteiger partial charge in [-0.2, -0.15) is 0 Å². The highest BCUT2D eigenvalue weighted by atomic mass is 16.3. The van der Waals surface area contributed by atoms with Crippen molar-refractivity contribution in [2.75, 3.05) is 6.54 Å². The second-order valence-corrected chi connectivity index (χ2v) is 8.62. The van der Waals surface area contributed by atoms with Crippen LogP contribution in [0.5, 0.6) is 0 Å². The van der Waals surface area contributed by atoms with E-state index in [0.717, 1.165) is 48.5 Å². The molecule has 26 heavy (non-hydrogen) atoms. The van der Waals surface area contributed by atoms with E-state index in [0.29, 0.717) is 6.54 Å². The van der Waals surface area contributed by atoms with Crippen LogP contribution in [0.15, 0.2) is 45.6 Å². The van der Waals surface area contributed by atoms with Crippen LogP contribution in [0.25, 0.3) is 0 Å². The molecule has 2 heterocycles. The predicted molar refractivity (Wildman–Crippen MR) is 96.7 cm³/mol. The smallest absolute Gasteiger partial charge is 0.315 e. The molecule has 0 radical (unpaired) electrons. The second kappa shape index (κ2) is 6.22. The summed E-state index contributed by atoms with van der Waals surface area (Å²) in [6, 6.07) is 7.51. The Morgan fingerprint density at radius 1 is 1.00 bits per heavy atom. The molecule has 4 aliphatic carbocycles. The van der Waals surface area contributed by atoms with Crippen molar-refractivity contribution in [1.82, 2.24) is 10.6 Å². The van der Waals surface area contributed by atoms with Gasteiger partial charge in [0.2, 0.25) is 0 Å². The van der Waals surface area contributed by atoms with E-state index in [1.165, 1.54) is 19.3 Å². The van der Waals surface area contributed by atoms with Crippen molar-refractivity contribution >= 4 is 6.03 Å². The molecule has 5 heteroatoms. The van der Waals surface area contributed by atoms with Crippen molar-refractivity contribution in [2.45, 2.75) is 50.0 Å². The number of carbonyl (C=O) groups excluding carboxylic acids is 1. The molecular weight excluding hydrogens is 328 g/mol. The van der Waals surface area contributed by atoms with Gasteiger partial charge in [-0.1, -0.05) is 0 Å². The summed E-state index contributed by atoms with van der Waals surface area (Å²) < 4.78 is 11.1. The number of amides is 2. The van der Waals surface area contributed by atoms with Gasteiger partial charge in [-0.25, -0.2) is 4.79 Å². The van der Waals surface area contributed by atoms with E-state index in [4.69, 9.17) is 8.83 Å². The number of carbonyl (C=O) groups is 1. The Morgan fingerprint density at radius 2 is 1.54 bits per heavy atom. The Bertz CT molecular complexity index is 681. The zero-order chi connectivity index (χ0) is 17.6. The predicted octanol–water partition coefficient (Wildman–Crippen LogP) is 4.27. The van der Waals surface area contributed by atoms with Crippen molar-refractivity contribution < 1.29 is 13.6 Å². The SMILES string of the molecule is O=C(NCC(c1ccco1)c1ccco1)NC12CC3CC(CC(C3)C1)C2. The Balaban J connectivity index is 1.24. The molecule has 2 amide bonds. The van der Waals surface area contributed by atoms with E-state index in [-0.39, 0.29) is 17.5 Å². The molecule has 0 spiro atoms. The van der Waals surface area contributed by atoms with E-state index in [2.05, 4.69) is 10.6 Å². The van der Waals surface area contributed by atoms with Crippen LogP contribution in [0.3, 0.4) is 0 Å². The van der Waals surface area contributed by atoms with Crippen LogP contribution in [0.4, 0.5) is 4.79 Å². The topological polar surface area (TPSA) is 67.4 Å². The fraction of sp³-hybridized carbons (Fsp3) is 0.571. The van der Waals surface area contributed by atoms with Crippen molar-refractivity contribution in [3.63, 3.8) is 0 Å². The minimum atomic E-state index is -0.109. The zero-order valence-electron chi connectivity index (χ0n) is 14.9. The third-order valence-corrected chi connectivity index (χ3v) is 6.66. The lowest BCUT2D eigenvalue weighted by Crippen LogP contribution is -2.61. The van der Waals surface area contributed by atoms with Gasteiger partial charge in [0.15, 0.2) is 0 Å². The summed E-state index contributed by atoms with van der Waals surface area (Å²) in [5, 5.41) is 6.42. The lowest BCUT2D eigenvalue weighted by atomic mass is 9.53. The molecule has 4 bridgehead atoms. The number of hydrogen-bond donors (Lipinski definition) is 2. The van der Waals surface area contributed by atoms with Gasteiger partial charge in [-0.3, -0.25) is 0 Å². The number of hydrogen-bond acceptors (Lipinski definition) is 3. The minimum absolute atomic E-state index is 0.0314. The van der Waals surface area contributed by atoms with Gasteiger partial charge in [-0.05, 0) is 80.5 Å². The summed E-state index contributed by atoms with van der Waals surface area (Å²) in [6.45, 7) is 0.458. The molecule has 0 saturated heterocycles. The summed E-state index contributed by atoms with van der Waals surface area (Å²) in [6.07, 6.45) is 10.9. The molecule has 4 aliphatic rings. The van der Waals surface area contributed by atoms with Crippen LogP contribution in [0, 0.1) is 17.8 Å². The van der Waals surface area contributed by atoms with Gasteiger partial charge in [0.1, 0.15) is 11.5 Å². The van der Waals surface area contributed by atoms with E-state index < -0.39 is 0 Å². The van der Waals surface area contributed by atoms with Crippen molar-refractivity contribution in [3.8, 4) is 0 Å². The van der Waals surface area contributed by atoms with E-state index in [1.54, 1.807) is 12.5 Å². The molecule has 5 nitrogen and oxygen atoms in total. The van der Waals surface area contributed by atoms with E-state index >= 15 is 0 Å². The molecule has 2 aromatic rings. The molecule has 2 aromatic heterocycles. The Kier molecular flexibility index (Phi) is 3.84. The molecule has 0 aliphatic heterocycles. The van der Waals surface area contributed by atoms with Crippen LogP contribution in [0.2, 0.25) is 0 Å². The number of furan rings is 2. The first-order valence-corrected chi connectivity index (χ1v) is 9.82. The van der Waals surface area contributed by atoms with E-state index in [9.17, 15) is 4.79 Å². The maximum Gasteiger partial charge on any atom is 0.315 e. The summed E-state index contributed by atoms with van der Waals surface area (Å²) in [7, 11) is 0. The molecular formula is C21H26N2O3. The average molecular weight is 354 g/mol. The van der Waals surface area contributed by atoms with Gasteiger partial charge in [0.25, 0.3) is 0 Å². The highest BCUT2D eigenvalue weighted by Gasteiger charge is 2.51. The quantitative estimate of drug-likeness (QED) is 0.842. The third kappa shape index (κ3) is 2.93. The average Bonchev–Trinajstić information content (AvgIpc) is 3.27. The molecule has 0 atom stereocenters. The summed E-state index contributed by atoms with van der Waals surface area (Å²) >= 11 is 0. The molecule has 2 N–H and O–H groups in total. The van der Waals surface area contributed by atoms with Gasteiger partial charge < -0.3 is 19.5 Å². The van der Waals surface area contributed by atoms with Crippen LogP contribution in [0.1, 0.15) is 56.0 Å². The van der Waals surface area contributed by atoms with Crippen LogP contribution in [-0.4, -0.2) is 18.1 Å². The van der Waals surface area contributed by atoms with Gasteiger partial charge >= 0.3 is 6.03 Å². The summed E-state index contributed by atoms with van der Waals surface area (Å²) in [4.78, 5) is 12.7. The highest BCUT2D eigenvalue weighted by molar-refractivity contribution is 5.75. The molecule has 0 unspecified atom stereocenters. The van der Waals surface area contributed by atoms with Crippen molar-refractivity contribution in [1.29, 1.82) is 0 Å². The summed E-state index contributed by atoms with van der Waals surface area (Å²) in [5.41, 5.74) is 0.0314. The van der Waals surface area contributed by atoms with Crippen LogP contribution < -0.4 is 10.6 Å². The first-order valence-electron chi connectivity index (χ1n) is 9.82. The lowest BCUT2D eigenvalue weighted by Gasteiger charge is -2.56. The number of rotatable bonds is 5.